The highest BCUT2D eigenvalue weighted by atomic mass is 16.2. The molecule has 1 fully saturated rings. The summed E-state index contributed by atoms with van der Waals surface area (Å²) < 4.78 is 0. The maximum absolute atomic E-state index is 12.7. The number of hydrogen-bond acceptors (Lipinski definition) is 3. The van der Waals surface area contributed by atoms with E-state index in [2.05, 4.69) is 15.5 Å². The second-order valence-corrected chi connectivity index (χ2v) is 5.71. The van der Waals surface area contributed by atoms with Crippen LogP contribution in [-0.2, 0) is 0 Å². The Bertz CT molecular complexity index is 616. The molecule has 2 heterocycles. The molecule has 2 aromatic rings. The van der Waals surface area contributed by atoms with E-state index < -0.39 is 0 Å². The Labute approximate surface area is 124 Å². The van der Waals surface area contributed by atoms with Crippen molar-refractivity contribution < 1.29 is 4.79 Å². The van der Waals surface area contributed by atoms with Crippen LogP contribution >= 0.6 is 0 Å². The number of piperidine rings is 1. The van der Waals surface area contributed by atoms with Gasteiger partial charge < -0.3 is 10.2 Å². The average molecular weight is 286 g/mol. The highest BCUT2D eigenvalue weighted by Crippen LogP contribution is 2.17. The third-order valence-electron chi connectivity index (χ3n) is 4.30. The van der Waals surface area contributed by atoms with Crippen molar-refractivity contribution in [2.24, 2.45) is 5.92 Å². The van der Waals surface area contributed by atoms with E-state index in [1.165, 1.54) is 0 Å². The molecule has 1 amide bonds. The molecule has 1 aromatic carbocycles. The van der Waals surface area contributed by atoms with Gasteiger partial charge in [-0.05, 0) is 50.9 Å². The summed E-state index contributed by atoms with van der Waals surface area (Å²) in [7, 11) is 0. The standard InChI is InChI=1S/C16H22N4O/c1-2-20(11-12-5-7-17-8-6-12)16(21)13-3-4-14-10-18-19-15(14)9-13/h3-4,9-10,12,17H,2,5-8,11H2,1H3,(H,18,19). The first kappa shape index (κ1) is 14.1. The summed E-state index contributed by atoms with van der Waals surface area (Å²) in [5.41, 5.74) is 1.65. The van der Waals surface area contributed by atoms with E-state index >= 15 is 0 Å². The molecule has 0 atom stereocenters. The quantitative estimate of drug-likeness (QED) is 0.904. The Hall–Kier alpha value is -1.88. The van der Waals surface area contributed by atoms with E-state index in [1.807, 2.05) is 30.0 Å². The molecule has 0 saturated carbocycles. The van der Waals surface area contributed by atoms with Crippen LogP contribution in [0.5, 0.6) is 0 Å². The molecule has 1 aliphatic heterocycles. The van der Waals surface area contributed by atoms with Crippen LogP contribution in [0.1, 0.15) is 30.1 Å². The van der Waals surface area contributed by atoms with Crippen molar-refractivity contribution in [2.45, 2.75) is 19.8 Å². The lowest BCUT2D eigenvalue weighted by Gasteiger charge is -2.29. The Balaban J connectivity index is 1.74. The molecule has 0 aliphatic carbocycles. The van der Waals surface area contributed by atoms with E-state index in [4.69, 9.17) is 0 Å². The average Bonchev–Trinajstić information content (AvgIpc) is 3.00. The van der Waals surface area contributed by atoms with Crippen molar-refractivity contribution >= 4 is 16.8 Å². The van der Waals surface area contributed by atoms with Crippen molar-refractivity contribution in [3.05, 3.63) is 30.0 Å². The third-order valence-corrected chi connectivity index (χ3v) is 4.30. The molecule has 3 rings (SSSR count). The van der Waals surface area contributed by atoms with Crippen LogP contribution in [0.25, 0.3) is 10.9 Å². The number of carbonyl (C=O) groups is 1. The number of carbonyl (C=O) groups excluding carboxylic acids is 1. The van der Waals surface area contributed by atoms with Gasteiger partial charge in [0.05, 0.1) is 11.7 Å². The van der Waals surface area contributed by atoms with Crippen LogP contribution in [0, 0.1) is 5.92 Å². The van der Waals surface area contributed by atoms with Crippen LogP contribution in [0.2, 0.25) is 0 Å². The van der Waals surface area contributed by atoms with E-state index in [-0.39, 0.29) is 5.91 Å². The van der Waals surface area contributed by atoms with Crippen molar-refractivity contribution in [1.82, 2.24) is 20.4 Å². The summed E-state index contributed by atoms with van der Waals surface area (Å²) in [5, 5.41) is 11.3. The molecule has 21 heavy (non-hydrogen) atoms. The molecule has 1 aliphatic rings. The second kappa shape index (κ2) is 6.26. The number of amides is 1. The van der Waals surface area contributed by atoms with Gasteiger partial charge in [0.2, 0.25) is 0 Å². The molecule has 0 unspecified atom stereocenters. The topological polar surface area (TPSA) is 61.0 Å². The molecule has 1 aromatic heterocycles. The summed E-state index contributed by atoms with van der Waals surface area (Å²) in [6.45, 7) is 5.79. The number of benzene rings is 1. The molecule has 5 heteroatoms. The zero-order valence-corrected chi connectivity index (χ0v) is 12.4. The normalized spacial score (nSPS) is 16.2. The number of hydrogen-bond donors (Lipinski definition) is 2. The predicted molar refractivity (Wildman–Crippen MR) is 83.3 cm³/mol. The minimum Gasteiger partial charge on any atom is -0.339 e. The van der Waals surface area contributed by atoms with E-state index in [0.717, 1.165) is 55.5 Å². The molecule has 112 valence electrons. The molecular weight excluding hydrogens is 264 g/mol. The van der Waals surface area contributed by atoms with Crippen LogP contribution < -0.4 is 5.32 Å². The molecule has 0 spiro atoms. The first-order chi connectivity index (χ1) is 10.3. The minimum absolute atomic E-state index is 0.118. The third kappa shape index (κ3) is 3.08. The van der Waals surface area contributed by atoms with E-state index in [9.17, 15) is 4.79 Å². The zero-order chi connectivity index (χ0) is 14.7. The monoisotopic (exact) mass is 286 g/mol. The summed E-state index contributed by atoms with van der Waals surface area (Å²) in [4.78, 5) is 14.7. The molecule has 1 saturated heterocycles. The molecule has 2 N–H and O–H groups in total. The number of nitrogens with zero attached hydrogens (tertiary/aromatic N) is 2. The van der Waals surface area contributed by atoms with Gasteiger partial charge in [0.25, 0.3) is 5.91 Å². The van der Waals surface area contributed by atoms with Gasteiger partial charge in [-0.15, -0.1) is 0 Å². The highest BCUT2D eigenvalue weighted by molar-refractivity contribution is 5.97. The lowest BCUT2D eigenvalue weighted by atomic mass is 9.97. The lowest BCUT2D eigenvalue weighted by molar-refractivity contribution is 0.0727. The van der Waals surface area contributed by atoms with Gasteiger partial charge in [-0.2, -0.15) is 5.10 Å². The number of aromatic amines is 1. The number of nitrogens with one attached hydrogen (secondary N) is 2. The van der Waals surface area contributed by atoms with Crippen molar-refractivity contribution in [3.8, 4) is 0 Å². The fraction of sp³-hybridized carbons (Fsp3) is 0.500. The molecular formula is C16H22N4O. The predicted octanol–water partition coefficient (Wildman–Crippen LogP) is 2.02. The van der Waals surface area contributed by atoms with Crippen LogP contribution in [0.15, 0.2) is 24.4 Å². The van der Waals surface area contributed by atoms with Crippen molar-refractivity contribution in [2.75, 3.05) is 26.2 Å². The summed E-state index contributed by atoms with van der Waals surface area (Å²) >= 11 is 0. The minimum atomic E-state index is 0.118. The van der Waals surface area contributed by atoms with Crippen molar-refractivity contribution in [3.63, 3.8) is 0 Å². The zero-order valence-electron chi connectivity index (χ0n) is 12.4. The SMILES string of the molecule is CCN(CC1CCNCC1)C(=O)c1ccc2cn[nH]c2c1. The van der Waals surface area contributed by atoms with Crippen LogP contribution in [0.4, 0.5) is 0 Å². The summed E-state index contributed by atoms with van der Waals surface area (Å²) in [6, 6.07) is 5.74. The Morgan fingerprint density at radius 2 is 2.19 bits per heavy atom. The van der Waals surface area contributed by atoms with Gasteiger partial charge in [0.15, 0.2) is 0 Å². The number of fused-ring (bicyclic) bond motifs is 1. The number of H-pyrrole nitrogens is 1. The smallest absolute Gasteiger partial charge is 0.253 e. The van der Waals surface area contributed by atoms with Gasteiger partial charge in [0, 0.05) is 24.0 Å². The lowest BCUT2D eigenvalue weighted by Crippen LogP contribution is -2.39. The maximum Gasteiger partial charge on any atom is 0.253 e. The van der Waals surface area contributed by atoms with Crippen LogP contribution in [0.3, 0.4) is 0 Å². The Morgan fingerprint density at radius 1 is 1.38 bits per heavy atom. The molecule has 0 bridgehead atoms. The van der Waals surface area contributed by atoms with Gasteiger partial charge in [-0.25, -0.2) is 0 Å². The Kier molecular flexibility index (Phi) is 4.20. The number of aromatic nitrogens is 2. The van der Waals surface area contributed by atoms with Gasteiger partial charge in [-0.3, -0.25) is 9.89 Å². The van der Waals surface area contributed by atoms with E-state index in [0.29, 0.717) is 5.92 Å². The second-order valence-electron chi connectivity index (χ2n) is 5.71. The maximum atomic E-state index is 12.7. The van der Waals surface area contributed by atoms with Crippen LogP contribution in [-0.4, -0.2) is 47.2 Å². The first-order valence-corrected chi connectivity index (χ1v) is 7.71. The molecule has 0 radical (unpaired) electrons. The fourth-order valence-electron chi connectivity index (χ4n) is 2.98. The van der Waals surface area contributed by atoms with Gasteiger partial charge in [0.1, 0.15) is 0 Å². The first-order valence-electron chi connectivity index (χ1n) is 7.71. The van der Waals surface area contributed by atoms with E-state index in [1.54, 1.807) is 6.20 Å². The fourth-order valence-corrected chi connectivity index (χ4v) is 2.98. The largest absolute Gasteiger partial charge is 0.339 e. The summed E-state index contributed by atoms with van der Waals surface area (Å²) in [6.07, 6.45) is 4.09. The number of rotatable bonds is 4. The summed E-state index contributed by atoms with van der Waals surface area (Å²) in [5.74, 6) is 0.735. The Morgan fingerprint density at radius 3 is 2.95 bits per heavy atom. The van der Waals surface area contributed by atoms with Gasteiger partial charge >= 0.3 is 0 Å². The highest BCUT2D eigenvalue weighted by Gasteiger charge is 2.20. The van der Waals surface area contributed by atoms with Gasteiger partial charge in [-0.1, -0.05) is 6.07 Å². The van der Waals surface area contributed by atoms with Crippen molar-refractivity contribution in [1.29, 1.82) is 0 Å². The molecule has 5 nitrogen and oxygen atoms in total.